The summed E-state index contributed by atoms with van der Waals surface area (Å²) in [5, 5.41) is 2.74. The first-order chi connectivity index (χ1) is 10.9. The summed E-state index contributed by atoms with van der Waals surface area (Å²) in [7, 11) is -2.14. The van der Waals surface area contributed by atoms with Crippen LogP contribution in [0.5, 0.6) is 11.5 Å². The summed E-state index contributed by atoms with van der Waals surface area (Å²) >= 11 is 0. The number of amides is 1. The number of fused-ring (bicyclic) bond motifs is 1. The van der Waals surface area contributed by atoms with Gasteiger partial charge >= 0.3 is 10.1 Å². The van der Waals surface area contributed by atoms with E-state index in [0.29, 0.717) is 29.4 Å². The molecule has 1 aliphatic heterocycles. The van der Waals surface area contributed by atoms with Crippen LogP contribution < -0.4 is 14.2 Å². The molecule has 0 saturated heterocycles. The zero-order valence-corrected chi connectivity index (χ0v) is 13.4. The summed E-state index contributed by atoms with van der Waals surface area (Å²) in [6.07, 6.45) is 1.20. The van der Waals surface area contributed by atoms with Crippen LogP contribution in [0.4, 0.5) is 0 Å². The van der Waals surface area contributed by atoms with Gasteiger partial charge in [-0.15, -0.1) is 0 Å². The van der Waals surface area contributed by atoms with Gasteiger partial charge in [-0.25, -0.2) is 4.98 Å². The number of hydrogen-bond acceptors (Lipinski definition) is 6. The Labute approximate surface area is 133 Å². The van der Waals surface area contributed by atoms with Gasteiger partial charge in [0.2, 0.25) is 5.91 Å². The zero-order chi connectivity index (χ0) is 16.6. The third-order valence-corrected chi connectivity index (χ3v) is 3.83. The number of H-pyrrole nitrogens is 1. The SMILES string of the molecule is COc1cc(OS(C)(=O)=O)ccc1-c1nc2c([nH]1)CNC(=O)C2. The van der Waals surface area contributed by atoms with E-state index in [9.17, 15) is 13.2 Å². The molecule has 1 aromatic heterocycles. The molecule has 0 spiro atoms. The summed E-state index contributed by atoms with van der Waals surface area (Å²) in [5.74, 6) is 1.05. The second-order valence-electron chi connectivity index (χ2n) is 5.11. The second kappa shape index (κ2) is 5.58. The third-order valence-electron chi connectivity index (χ3n) is 3.33. The molecule has 2 N–H and O–H groups in total. The molecular weight excluding hydrogens is 322 g/mol. The highest BCUT2D eigenvalue weighted by atomic mass is 32.2. The van der Waals surface area contributed by atoms with Crippen LogP contribution in [0.25, 0.3) is 11.4 Å². The van der Waals surface area contributed by atoms with Crippen LogP contribution in [0.15, 0.2) is 18.2 Å². The lowest BCUT2D eigenvalue weighted by atomic mass is 10.2. The van der Waals surface area contributed by atoms with Gasteiger partial charge in [-0.3, -0.25) is 4.79 Å². The van der Waals surface area contributed by atoms with Crippen molar-refractivity contribution in [1.82, 2.24) is 15.3 Å². The van der Waals surface area contributed by atoms with Crippen LogP contribution in [0.2, 0.25) is 0 Å². The second-order valence-corrected chi connectivity index (χ2v) is 6.69. The Kier molecular flexibility index (Phi) is 3.72. The van der Waals surface area contributed by atoms with Crippen LogP contribution >= 0.6 is 0 Å². The van der Waals surface area contributed by atoms with E-state index in [1.165, 1.54) is 19.2 Å². The Morgan fingerprint density at radius 2 is 2.09 bits per heavy atom. The average Bonchev–Trinajstić information content (AvgIpc) is 2.88. The smallest absolute Gasteiger partial charge is 0.306 e. The molecule has 23 heavy (non-hydrogen) atoms. The molecule has 9 heteroatoms. The Hall–Kier alpha value is -2.55. The molecule has 1 amide bonds. The van der Waals surface area contributed by atoms with Gasteiger partial charge in [0.15, 0.2) is 0 Å². The number of hydrogen-bond donors (Lipinski definition) is 2. The summed E-state index contributed by atoms with van der Waals surface area (Å²) in [5.41, 5.74) is 2.19. The number of aromatic nitrogens is 2. The molecule has 0 radical (unpaired) electrons. The number of ether oxygens (including phenoxy) is 1. The fourth-order valence-corrected chi connectivity index (χ4v) is 2.81. The minimum Gasteiger partial charge on any atom is -0.496 e. The summed E-state index contributed by atoms with van der Waals surface area (Å²) < 4.78 is 32.5. The number of carbonyl (C=O) groups excluding carboxylic acids is 1. The van der Waals surface area contributed by atoms with Gasteiger partial charge in [-0.2, -0.15) is 8.42 Å². The van der Waals surface area contributed by atoms with Crippen molar-refractivity contribution >= 4 is 16.0 Å². The first-order valence-corrected chi connectivity index (χ1v) is 8.59. The van der Waals surface area contributed by atoms with Gasteiger partial charge in [0.25, 0.3) is 0 Å². The maximum absolute atomic E-state index is 11.4. The summed E-state index contributed by atoms with van der Waals surface area (Å²) in [6.45, 7) is 0.402. The van der Waals surface area contributed by atoms with Crippen molar-refractivity contribution in [2.45, 2.75) is 13.0 Å². The Morgan fingerprint density at radius 3 is 2.78 bits per heavy atom. The fourth-order valence-electron chi connectivity index (χ4n) is 2.36. The van der Waals surface area contributed by atoms with Gasteiger partial charge in [0.1, 0.15) is 17.3 Å². The fraction of sp³-hybridized carbons (Fsp3) is 0.286. The van der Waals surface area contributed by atoms with E-state index >= 15 is 0 Å². The van der Waals surface area contributed by atoms with Crippen LogP contribution in [-0.2, 0) is 27.9 Å². The van der Waals surface area contributed by atoms with Gasteiger partial charge in [0, 0.05) is 6.07 Å². The predicted molar refractivity (Wildman–Crippen MR) is 81.6 cm³/mol. The average molecular weight is 337 g/mol. The standard InChI is InChI=1S/C14H15N3O5S/c1-21-12-5-8(22-23(2,19)20)3-4-9(12)14-16-10-6-13(18)15-7-11(10)17-14/h3-5H,6-7H2,1-2H3,(H,15,18)(H,16,17). The number of benzene rings is 1. The monoisotopic (exact) mass is 337 g/mol. The number of nitrogens with zero attached hydrogens (tertiary/aromatic N) is 1. The third kappa shape index (κ3) is 3.29. The maximum Gasteiger partial charge on any atom is 0.306 e. The largest absolute Gasteiger partial charge is 0.496 e. The quantitative estimate of drug-likeness (QED) is 0.790. The molecule has 0 saturated carbocycles. The Morgan fingerprint density at radius 1 is 1.30 bits per heavy atom. The highest BCUT2D eigenvalue weighted by Crippen LogP contribution is 2.33. The topological polar surface area (TPSA) is 110 Å². The van der Waals surface area contributed by atoms with E-state index < -0.39 is 10.1 Å². The minimum absolute atomic E-state index is 0.0700. The van der Waals surface area contributed by atoms with Crippen molar-refractivity contribution in [2.24, 2.45) is 0 Å². The Bertz CT molecular complexity index is 873. The molecule has 3 rings (SSSR count). The number of aromatic amines is 1. The molecule has 0 bridgehead atoms. The molecule has 0 aliphatic carbocycles. The van der Waals surface area contributed by atoms with Crippen LogP contribution in [0, 0.1) is 0 Å². The molecule has 1 aromatic carbocycles. The Balaban J connectivity index is 1.98. The molecule has 2 aromatic rings. The minimum atomic E-state index is -3.61. The molecule has 122 valence electrons. The van der Waals surface area contributed by atoms with Crippen molar-refractivity contribution in [2.75, 3.05) is 13.4 Å². The summed E-state index contributed by atoms with van der Waals surface area (Å²) in [6, 6.07) is 4.64. The molecule has 2 heterocycles. The number of methoxy groups -OCH3 is 1. The van der Waals surface area contributed by atoms with Crippen LogP contribution in [0.1, 0.15) is 11.4 Å². The van der Waals surface area contributed by atoms with E-state index in [1.807, 2.05) is 0 Å². The first-order valence-electron chi connectivity index (χ1n) is 6.78. The lowest BCUT2D eigenvalue weighted by molar-refractivity contribution is -0.121. The van der Waals surface area contributed by atoms with E-state index in [1.54, 1.807) is 6.07 Å². The van der Waals surface area contributed by atoms with Gasteiger partial charge in [-0.05, 0) is 12.1 Å². The van der Waals surface area contributed by atoms with Gasteiger partial charge in [0.05, 0.1) is 43.3 Å². The molecular formula is C14H15N3O5S. The lowest BCUT2D eigenvalue weighted by Crippen LogP contribution is -2.30. The van der Waals surface area contributed by atoms with Crippen LogP contribution in [-0.4, -0.2) is 37.7 Å². The molecule has 8 nitrogen and oxygen atoms in total. The van der Waals surface area contributed by atoms with E-state index in [4.69, 9.17) is 8.92 Å². The lowest BCUT2D eigenvalue weighted by Gasteiger charge is -2.10. The highest BCUT2D eigenvalue weighted by molar-refractivity contribution is 7.86. The van der Waals surface area contributed by atoms with Gasteiger partial charge in [-0.1, -0.05) is 0 Å². The van der Waals surface area contributed by atoms with E-state index in [-0.39, 0.29) is 18.1 Å². The molecule has 0 unspecified atom stereocenters. The van der Waals surface area contributed by atoms with Crippen LogP contribution in [0.3, 0.4) is 0 Å². The molecule has 1 aliphatic rings. The van der Waals surface area contributed by atoms with E-state index in [2.05, 4.69) is 15.3 Å². The number of carbonyl (C=O) groups is 1. The van der Waals surface area contributed by atoms with Crippen molar-refractivity contribution in [3.63, 3.8) is 0 Å². The van der Waals surface area contributed by atoms with Crippen molar-refractivity contribution in [3.05, 3.63) is 29.6 Å². The predicted octanol–water partition coefficient (Wildman–Crippen LogP) is 0.596. The normalized spacial score (nSPS) is 14.1. The number of nitrogens with one attached hydrogen (secondary N) is 2. The highest BCUT2D eigenvalue weighted by Gasteiger charge is 2.21. The first kappa shape index (κ1) is 15.3. The molecule has 0 fully saturated rings. The maximum atomic E-state index is 11.4. The van der Waals surface area contributed by atoms with Gasteiger partial charge < -0.3 is 19.2 Å². The number of rotatable bonds is 4. The van der Waals surface area contributed by atoms with E-state index in [0.717, 1.165) is 11.9 Å². The zero-order valence-electron chi connectivity index (χ0n) is 12.5. The van der Waals surface area contributed by atoms with Crippen molar-refractivity contribution in [1.29, 1.82) is 0 Å². The van der Waals surface area contributed by atoms with Crippen molar-refractivity contribution < 1.29 is 22.1 Å². The number of imidazole rings is 1. The molecule has 0 atom stereocenters. The summed E-state index contributed by atoms with van der Waals surface area (Å²) in [4.78, 5) is 19.0. The van der Waals surface area contributed by atoms with Crippen molar-refractivity contribution in [3.8, 4) is 22.9 Å².